The van der Waals surface area contributed by atoms with E-state index in [2.05, 4.69) is 12.3 Å². The van der Waals surface area contributed by atoms with Crippen LogP contribution in [-0.2, 0) is 0 Å². The highest BCUT2D eigenvalue weighted by molar-refractivity contribution is 5.84. The van der Waals surface area contributed by atoms with Crippen molar-refractivity contribution in [3.8, 4) is 0 Å². The van der Waals surface area contributed by atoms with Gasteiger partial charge in [0.15, 0.2) is 0 Å². The molecule has 1 atom stereocenters. The van der Waals surface area contributed by atoms with E-state index >= 15 is 0 Å². The van der Waals surface area contributed by atoms with Crippen LogP contribution in [0.1, 0.15) is 45.4 Å². The van der Waals surface area contributed by atoms with E-state index in [1.807, 2.05) is 0 Å². The maximum atomic E-state index is 5.54. The lowest BCUT2D eigenvalue weighted by molar-refractivity contribution is 0.616. The van der Waals surface area contributed by atoms with Gasteiger partial charge in [-0.1, -0.05) is 19.8 Å². The van der Waals surface area contributed by atoms with Crippen molar-refractivity contribution < 1.29 is 0 Å². The Morgan fingerprint density at radius 2 is 1.93 bits per heavy atom. The van der Waals surface area contributed by atoms with Crippen LogP contribution < -0.4 is 11.3 Å². The average Bonchev–Trinajstić information content (AvgIpc) is 2.93. The Balaban J connectivity index is 1.95. The summed E-state index contributed by atoms with van der Waals surface area (Å²) in [5, 5.41) is 0. The molecule has 0 amide bonds. The van der Waals surface area contributed by atoms with Crippen LogP contribution in [0, 0.1) is 11.8 Å². The highest BCUT2D eigenvalue weighted by Crippen LogP contribution is 2.37. The molecule has 3 heteroatoms. The molecule has 0 aromatic rings. The van der Waals surface area contributed by atoms with Crippen LogP contribution in [-0.4, -0.2) is 11.9 Å². The maximum absolute atomic E-state index is 5.54. The normalized spacial score (nSPS) is 26.6. The zero-order valence-corrected chi connectivity index (χ0v) is 9.00. The molecule has 2 aliphatic carbocycles. The number of nitrogens with one attached hydrogen (secondary N) is 1. The molecule has 14 heavy (non-hydrogen) atoms. The van der Waals surface area contributed by atoms with Gasteiger partial charge in [0.2, 0.25) is 0 Å². The summed E-state index contributed by atoms with van der Waals surface area (Å²) in [5.41, 5.74) is 2.80. The summed E-state index contributed by atoms with van der Waals surface area (Å²) in [4.78, 5) is 4.74. The third kappa shape index (κ3) is 2.27. The number of nitrogens with zero attached hydrogens (tertiary/aromatic N) is 1. The van der Waals surface area contributed by atoms with Gasteiger partial charge in [0.05, 0.1) is 6.04 Å². The second-order valence-electron chi connectivity index (χ2n) is 4.72. The molecule has 2 rings (SSSR count). The van der Waals surface area contributed by atoms with Crippen LogP contribution in [0.5, 0.6) is 0 Å². The van der Waals surface area contributed by atoms with Gasteiger partial charge in [-0.15, -0.1) is 0 Å². The molecule has 80 valence electrons. The predicted molar refractivity (Wildman–Crippen MR) is 58.9 cm³/mol. The van der Waals surface area contributed by atoms with Crippen LogP contribution in [0.15, 0.2) is 4.99 Å². The predicted octanol–water partition coefficient (Wildman–Crippen LogP) is 1.84. The van der Waals surface area contributed by atoms with Gasteiger partial charge in [-0.2, -0.15) is 0 Å². The van der Waals surface area contributed by atoms with Crippen LogP contribution in [0.3, 0.4) is 0 Å². The molecular formula is C11H21N3. The molecule has 2 fully saturated rings. The van der Waals surface area contributed by atoms with Gasteiger partial charge in [-0.25, -0.2) is 5.84 Å². The summed E-state index contributed by atoms with van der Waals surface area (Å²) in [6.07, 6.45) is 7.89. The van der Waals surface area contributed by atoms with Crippen molar-refractivity contribution in [2.24, 2.45) is 22.7 Å². The summed E-state index contributed by atoms with van der Waals surface area (Å²) in [6.45, 7) is 2.24. The van der Waals surface area contributed by atoms with E-state index in [-0.39, 0.29) is 0 Å². The molecular weight excluding hydrogens is 174 g/mol. The van der Waals surface area contributed by atoms with Crippen molar-refractivity contribution in [1.29, 1.82) is 0 Å². The standard InChI is InChI=1S/C11H21N3/c1-8(9-6-7-9)11(14-12)13-10-4-2-3-5-10/h8-10H,2-7,12H2,1H3,(H,13,14). The van der Waals surface area contributed by atoms with Crippen molar-refractivity contribution in [2.75, 3.05) is 0 Å². The number of rotatable bonds is 3. The second kappa shape index (κ2) is 4.30. The molecule has 2 saturated carbocycles. The van der Waals surface area contributed by atoms with Crippen molar-refractivity contribution >= 4 is 5.84 Å². The van der Waals surface area contributed by atoms with E-state index in [0.29, 0.717) is 12.0 Å². The Kier molecular flexibility index (Phi) is 3.06. The fourth-order valence-corrected chi connectivity index (χ4v) is 2.34. The van der Waals surface area contributed by atoms with Gasteiger partial charge >= 0.3 is 0 Å². The molecule has 0 bridgehead atoms. The quantitative estimate of drug-likeness (QED) is 0.312. The van der Waals surface area contributed by atoms with Gasteiger partial charge in [0, 0.05) is 5.92 Å². The molecule has 3 nitrogen and oxygen atoms in total. The van der Waals surface area contributed by atoms with Gasteiger partial charge < -0.3 is 5.43 Å². The van der Waals surface area contributed by atoms with Crippen molar-refractivity contribution in [3.05, 3.63) is 0 Å². The van der Waals surface area contributed by atoms with Crippen LogP contribution >= 0.6 is 0 Å². The van der Waals surface area contributed by atoms with E-state index in [9.17, 15) is 0 Å². The summed E-state index contributed by atoms with van der Waals surface area (Å²) in [5.74, 6) is 7.96. The molecule has 0 heterocycles. The van der Waals surface area contributed by atoms with Gasteiger partial charge in [0.25, 0.3) is 0 Å². The smallest absolute Gasteiger partial charge is 0.114 e. The Morgan fingerprint density at radius 1 is 1.29 bits per heavy atom. The zero-order chi connectivity index (χ0) is 9.97. The molecule has 0 radical (unpaired) electrons. The minimum absolute atomic E-state index is 0.542. The highest BCUT2D eigenvalue weighted by Gasteiger charge is 2.31. The minimum Gasteiger partial charge on any atom is -0.312 e. The minimum atomic E-state index is 0.542. The van der Waals surface area contributed by atoms with Gasteiger partial charge in [-0.3, -0.25) is 4.99 Å². The lowest BCUT2D eigenvalue weighted by atomic mass is 10.1. The molecule has 0 spiro atoms. The Hall–Kier alpha value is -0.570. The number of amidine groups is 1. The summed E-state index contributed by atoms with van der Waals surface area (Å²) in [6, 6.07) is 0.544. The molecule has 0 aromatic heterocycles. The maximum Gasteiger partial charge on any atom is 0.114 e. The second-order valence-corrected chi connectivity index (χ2v) is 4.72. The number of nitrogens with two attached hydrogens (primary N) is 1. The first kappa shape index (κ1) is 9.97. The molecule has 3 N–H and O–H groups in total. The van der Waals surface area contributed by atoms with E-state index < -0.39 is 0 Å². The number of hydrogen-bond donors (Lipinski definition) is 2. The van der Waals surface area contributed by atoms with E-state index in [1.54, 1.807) is 0 Å². The first-order valence-corrected chi connectivity index (χ1v) is 5.85. The van der Waals surface area contributed by atoms with Crippen LogP contribution in [0.4, 0.5) is 0 Å². The molecule has 0 saturated heterocycles. The fourth-order valence-electron chi connectivity index (χ4n) is 2.34. The summed E-state index contributed by atoms with van der Waals surface area (Å²) < 4.78 is 0. The Morgan fingerprint density at radius 3 is 2.43 bits per heavy atom. The van der Waals surface area contributed by atoms with Gasteiger partial charge in [0.1, 0.15) is 5.84 Å². The molecule has 0 aliphatic heterocycles. The average molecular weight is 195 g/mol. The zero-order valence-electron chi connectivity index (χ0n) is 9.00. The molecule has 0 aromatic carbocycles. The highest BCUT2D eigenvalue weighted by atomic mass is 15.3. The van der Waals surface area contributed by atoms with Crippen molar-refractivity contribution in [2.45, 2.75) is 51.5 Å². The largest absolute Gasteiger partial charge is 0.312 e. The van der Waals surface area contributed by atoms with E-state index in [4.69, 9.17) is 10.8 Å². The summed E-state index contributed by atoms with van der Waals surface area (Å²) in [7, 11) is 0. The third-order valence-electron chi connectivity index (χ3n) is 3.55. The van der Waals surface area contributed by atoms with Crippen LogP contribution in [0.2, 0.25) is 0 Å². The first-order valence-electron chi connectivity index (χ1n) is 5.85. The molecule has 1 unspecified atom stereocenters. The van der Waals surface area contributed by atoms with Crippen LogP contribution in [0.25, 0.3) is 0 Å². The first-order chi connectivity index (χ1) is 6.81. The van der Waals surface area contributed by atoms with E-state index in [0.717, 1.165) is 11.8 Å². The lowest BCUT2D eigenvalue weighted by Gasteiger charge is -2.15. The van der Waals surface area contributed by atoms with Crippen molar-refractivity contribution in [3.63, 3.8) is 0 Å². The van der Waals surface area contributed by atoms with Gasteiger partial charge in [-0.05, 0) is 31.6 Å². The SMILES string of the molecule is CC(C(=NC1CCCC1)NN)C1CC1. The third-order valence-corrected chi connectivity index (χ3v) is 3.55. The van der Waals surface area contributed by atoms with Crippen molar-refractivity contribution in [1.82, 2.24) is 5.43 Å². The number of aliphatic imine (C=N–C) groups is 1. The van der Waals surface area contributed by atoms with E-state index in [1.165, 1.54) is 38.5 Å². The Labute approximate surface area is 86.1 Å². The topological polar surface area (TPSA) is 50.4 Å². The Bertz CT molecular complexity index is 215. The lowest BCUT2D eigenvalue weighted by Crippen LogP contribution is -2.36. The number of hydrazine groups is 1. The fraction of sp³-hybridized carbons (Fsp3) is 0.909. The summed E-state index contributed by atoms with van der Waals surface area (Å²) >= 11 is 0. The number of hydrogen-bond acceptors (Lipinski definition) is 2. The monoisotopic (exact) mass is 195 g/mol. The molecule has 2 aliphatic rings.